The monoisotopic (exact) mass is 729 g/mol. The van der Waals surface area contributed by atoms with Gasteiger partial charge in [-0.2, -0.15) is 0 Å². The van der Waals surface area contributed by atoms with Crippen molar-refractivity contribution < 1.29 is 18.0 Å². The van der Waals surface area contributed by atoms with Crippen molar-refractivity contribution in [3.8, 4) is 0 Å². The molecular formula is C34H34BrCl2N3O4S. The van der Waals surface area contributed by atoms with E-state index in [9.17, 15) is 18.0 Å². The Bertz CT molecular complexity index is 1720. The van der Waals surface area contributed by atoms with Gasteiger partial charge in [-0.05, 0) is 79.1 Å². The molecule has 11 heteroatoms. The first kappa shape index (κ1) is 34.5. The zero-order valence-electron chi connectivity index (χ0n) is 24.9. The third kappa shape index (κ3) is 9.33. The number of rotatable bonds is 13. The molecule has 7 nitrogen and oxygen atoms in total. The van der Waals surface area contributed by atoms with Gasteiger partial charge in [-0.15, -0.1) is 0 Å². The molecule has 236 valence electrons. The molecule has 4 aromatic rings. The number of nitrogens with one attached hydrogen (secondary N) is 1. The fourth-order valence-corrected chi connectivity index (χ4v) is 6.88. The fraction of sp³-hybridized carbons (Fsp3) is 0.235. The van der Waals surface area contributed by atoms with Crippen LogP contribution in [0.25, 0.3) is 0 Å². The standard InChI is InChI=1S/C34H34BrCl2N3O4S/c1-3-24(2)38-34(42)32(20-25-9-5-4-6-10-25)39(22-26-11-7-12-27(35)19-26)33(41)23-40(30-14-8-13-29(37)21-30)45(43,44)31-17-15-28(36)16-18-31/h4-19,21,24,32H,3,20,22-23H2,1-2H3,(H,38,42)/t24-,32+/m1/s1. The molecule has 45 heavy (non-hydrogen) atoms. The molecule has 4 rings (SSSR count). The van der Waals surface area contributed by atoms with Crippen LogP contribution in [0, 0.1) is 0 Å². The summed E-state index contributed by atoms with van der Waals surface area (Å²) < 4.78 is 30.0. The predicted octanol–water partition coefficient (Wildman–Crippen LogP) is 7.51. The largest absolute Gasteiger partial charge is 0.352 e. The molecule has 4 aromatic carbocycles. The number of carbonyl (C=O) groups is 2. The number of hydrogen-bond acceptors (Lipinski definition) is 4. The molecule has 0 saturated heterocycles. The van der Waals surface area contributed by atoms with E-state index >= 15 is 0 Å². The van der Waals surface area contributed by atoms with Crippen LogP contribution in [0.15, 0.2) is 112 Å². The lowest BCUT2D eigenvalue weighted by Crippen LogP contribution is -2.54. The van der Waals surface area contributed by atoms with Crippen LogP contribution in [0.3, 0.4) is 0 Å². The highest BCUT2D eigenvalue weighted by Crippen LogP contribution is 2.28. The molecule has 0 spiro atoms. The minimum Gasteiger partial charge on any atom is -0.352 e. The third-order valence-electron chi connectivity index (χ3n) is 7.29. The highest BCUT2D eigenvalue weighted by Gasteiger charge is 2.35. The average molecular weight is 732 g/mol. The SMILES string of the molecule is CC[C@@H](C)NC(=O)[C@H](Cc1ccccc1)N(Cc1cccc(Br)c1)C(=O)CN(c1cccc(Cl)c1)S(=O)(=O)c1ccc(Cl)cc1. The summed E-state index contributed by atoms with van der Waals surface area (Å²) in [5.74, 6) is -0.890. The van der Waals surface area contributed by atoms with E-state index in [2.05, 4.69) is 21.2 Å². The highest BCUT2D eigenvalue weighted by atomic mass is 79.9. The summed E-state index contributed by atoms with van der Waals surface area (Å²) in [7, 11) is -4.26. The van der Waals surface area contributed by atoms with Crippen LogP contribution in [0.4, 0.5) is 5.69 Å². The summed E-state index contributed by atoms with van der Waals surface area (Å²) in [5, 5.41) is 3.71. The van der Waals surface area contributed by atoms with Crippen molar-refractivity contribution in [3.05, 3.63) is 129 Å². The van der Waals surface area contributed by atoms with E-state index in [1.807, 2.05) is 68.4 Å². The Morgan fingerprint density at radius 3 is 2.16 bits per heavy atom. The Hall–Kier alpha value is -3.37. The first-order chi connectivity index (χ1) is 21.5. The van der Waals surface area contributed by atoms with Crippen molar-refractivity contribution in [1.29, 1.82) is 0 Å². The van der Waals surface area contributed by atoms with Crippen molar-refractivity contribution in [2.24, 2.45) is 0 Å². The van der Waals surface area contributed by atoms with Gasteiger partial charge in [-0.3, -0.25) is 13.9 Å². The van der Waals surface area contributed by atoms with Gasteiger partial charge in [0, 0.05) is 33.5 Å². The zero-order valence-corrected chi connectivity index (χ0v) is 28.8. The second-order valence-electron chi connectivity index (χ2n) is 10.6. The molecule has 0 aliphatic rings. The summed E-state index contributed by atoms with van der Waals surface area (Å²) in [6.45, 7) is 3.35. The molecule has 0 heterocycles. The van der Waals surface area contributed by atoms with E-state index < -0.39 is 28.5 Å². The van der Waals surface area contributed by atoms with Gasteiger partial charge in [0.05, 0.1) is 10.6 Å². The van der Waals surface area contributed by atoms with Gasteiger partial charge in [0.25, 0.3) is 10.0 Å². The lowest BCUT2D eigenvalue weighted by Gasteiger charge is -2.34. The van der Waals surface area contributed by atoms with E-state index in [-0.39, 0.29) is 35.5 Å². The maximum Gasteiger partial charge on any atom is 0.264 e. The number of hydrogen-bond donors (Lipinski definition) is 1. The molecule has 0 radical (unpaired) electrons. The molecule has 0 unspecified atom stereocenters. The lowest BCUT2D eigenvalue weighted by molar-refractivity contribution is -0.140. The maximum atomic E-state index is 14.5. The van der Waals surface area contributed by atoms with E-state index in [0.29, 0.717) is 16.5 Å². The molecule has 2 amide bonds. The summed E-state index contributed by atoms with van der Waals surface area (Å²) in [5.41, 5.74) is 1.83. The van der Waals surface area contributed by atoms with Gasteiger partial charge in [-0.25, -0.2) is 8.42 Å². The van der Waals surface area contributed by atoms with Crippen molar-refractivity contribution in [3.63, 3.8) is 0 Å². The van der Waals surface area contributed by atoms with Crippen molar-refractivity contribution >= 4 is 66.7 Å². The van der Waals surface area contributed by atoms with E-state index in [4.69, 9.17) is 23.2 Å². The van der Waals surface area contributed by atoms with Gasteiger partial charge >= 0.3 is 0 Å². The second-order valence-corrected chi connectivity index (χ2v) is 14.3. The van der Waals surface area contributed by atoms with Gasteiger partial charge in [0.1, 0.15) is 12.6 Å². The number of sulfonamides is 1. The number of carbonyl (C=O) groups excluding carboxylic acids is 2. The van der Waals surface area contributed by atoms with Gasteiger partial charge in [0.2, 0.25) is 11.8 Å². The number of benzene rings is 4. The average Bonchev–Trinajstić information content (AvgIpc) is 3.02. The molecular weight excluding hydrogens is 697 g/mol. The van der Waals surface area contributed by atoms with Gasteiger partial charge in [-0.1, -0.05) is 94.6 Å². The first-order valence-corrected chi connectivity index (χ1v) is 17.4. The Kier molecular flexibility index (Phi) is 12.1. The van der Waals surface area contributed by atoms with E-state index in [1.54, 1.807) is 18.2 Å². The second kappa shape index (κ2) is 15.8. The molecule has 0 aromatic heterocycles. The summed E-state index contributed by atoms with van der Waals surface area (Å²) >= 11 is 15.8. The van der Waals surface area contributed by atoms with Crippen LogP contribution in [0.5, 0.6) is 0 Å². The van der Waals surface area contributed by atoms with Crippen molar-refractivity contribution in [2.75, 3.05) is 10.8 Å². The van der Waals surface area contributed by atoms with Gasteiger partial charge < -0.3 is 10.2 Å². The maximum absolute atomic E-state index is 14.5. The van der Waals surface area contributed by atoms with Crippen LogP contribution < -0.4 is 9.62 Å². The van der Waals surface area contributed by atoms with Crippen LogP contribution >= 0.6 is 39.1 Å². The molecule has 0 bridgehead atoms. The summed E-state index contributed by atoms with van der Waals surface area (Å²) in [6, 6.07) is 27.8. The predicted molar refractivity (Wildman–Crippen MR) is 184 cm³/mol. The van der Waals surface area contributed by atoms with Crippen LogP contribution in [0.1, 0.15) is 31.4 Å². The zero-order chi connectivity index (χ0) is 32.6. The van der Waals surface area contributed by atoms with Gasteiger partial charge in [0.15, 0.2) is 0 Å². The van der Waals surface area contributed by atoms with Crippen LogP contribution in [0.2, 0.25) is 10.0 Å². The molecule has 2 atom stereocenters. The Labute approximate surface area is 283 Å². The molecule has 0 saturated carbocycles. The smallest absolute Gasteiger partial charge is 0.264 e. The summed E-state index contributed by atoms with van der Waals surface area (Å²) in [4.78, 5) is 29.8. The third-order valence-corrected chi connectivity index (χ3v) is 10.1. The minimum atomic E-state index is -4.26. The van der Waals surface area contributed by atoms with Crippen LogP contribution in [-0.4, -0.2) is 43.8 Å². The van der Waals surface area contributed by atoms with E-state index in [0.717, 1.165) is 19.9 Å². The van der Waals surface area contributed by atoms with E-state index in [1.165, 1.54) is 35.2 Å². The number of amides is 2. The Morgan fingerprint density at radius 2 is 1.51 bits per heavy atom. The quantitative estimate of drug-likeness (QED) is 0.154. The molecule has 0 aliphatic carbocycles. The van der Waals surface area contributed by atoms with Crippen molar-refractivity contribution in [1.82, 2.24) is 10.2 Å². The topological polar surface area (TPSA) is 86.8 Å². The highest BCUT2D eigenvalue weighted by molar-refractivity contribution is 9.10. The normalized spacial score (nSPS) is 12.6. The molecule has 1 N–H and O–H groups in total. The minimum absolute atomic E-state index is 0.0476. The summed E-state index contributed by atoms with van der Waals surface area (Å²) in [6.07, 6.45) is 0.926. The van der Waals surface area contributed by atoms with Crippen molar-refractivity contribution in [2.45, 2.75) is 50.2 Å². The molecule has 0 fully saturated rings. The number of nitrogens with zero attached hydrogens (tertiary/aromatic N) is 2. The fourth-order valence-electron chi connectivity index (χ4n) is 4.72. The number of halogens is 3. The molecule has 0 aliphatic heterocycles. The van der Waals surface area contributed by atoms with Crippen LogP contribution in [-0.2, 0) is 32.6 Å². The first-order valence-electron chi connectivity index (χ1n) is 14.4. The number of anilines is 1. The Balaban J connectivity index is 1.81. The lowest BCUT2D eigenvalue weighted by atomic mass is 10.0. The Morgan fingerprint density at radius 1 is 0.844 bits per heavy atom.